The van der Waals surface area contributed by atoms with Crippen molar-refractivity contribution in [3.8, 4) is 5.75 Å². The van der Waals surface area contributed by atoms with Crippen LogP contribution in [0.1, 0.15) is 20.7 Å². The van der Waals surface area contributed by atoms with Crippen LogP contribution in [0.25, 0.3) is 10.8 Å². The molecule has 2 aromatic rings. The van der Waals surface area contributed by atoms with Crippen molar-refractivity contribution in [2.75, 3.05) is 0 Å². The quantitative estimate of drug-likeness (QED) is 0.537. The molecule has 0 unspecified atom stereocenters. The molecule has 1 aliphatic rings. The summed E-state index contributed by atoms with van der Waals surface area (Å²) < 4.78 is 4.55. The van der Waals surface area contributed by atoms with E-state index in [-0.39, 0.29) is 11.3 Å². The van der Waals surface area contributed by atoms with Crippen LogP contribution in [0.4, 0.5) is 0 Å². The Morgan fingerprint density at radius 2 is 1.81 bits per heavy atom. The highest BCUT2D eigenvalue weighted by molar-refractivity contribution is 6.21. The topological polar surface area (TPSA) is 63.6 Å². The zero-order valence-electron chi connectivity index (χ0n) is 8.06. The number of benzene rings is 2. The third kappa shape index (κ3) is 0.982. The van der Waals surface area contributed by atoms with Gasteiger partial charge in [-0.1, -0.05) is 18.2 Å². The molecule has 1 aliphatic heterocycles. The van der Waals surface area contributed by atoms with Crippen molar-refractivity contribution in [2.45, 2.75) is 0 Å². The summed E-state index contributed by atoms with van der Waals surface area (Å²) in [5.74, 6) is -1.64. The first kappa shape index (κ1) is 8.91. The van der Waals surface area contributed by atoms with Gasteiger partial charge in [-0.25, -0.2) is 9.59 Å². The number of carbonyl (C=O) groups is 2. The summed E-state index contributed by atoms with van der Waals surface area (Å²) in [6.45, 7) is 0. The lowest BCUT2D eigenvalue weighted by Crippen LogP contribution is -2.19. The highest BCUT2D eigenvalue weighted by Gasteiger charge is 2.29. The Morgan fingerprint density at radius 3 is 2.62 bits per heavy atom. The fraction of sp³-hybridized carbons (Fsp3) is 0. The Kier molecular flexibility index (Phi) is 1.57. The minimum Gasteiger partial charge on any atom is -0.507 e. The maximum atomic E-state index is 11.5. The van der Waals surface area contributed by atoms with Crippen molar-refractivity contribution < 1.29 is 19.4 Å². The second kappa shape index (κ2) is 2.82. The third-order valence-electron chi connectivity index (χ3n) is 2.63. The van der Waals surface area contributed by atoms with Crippen molar-refractivity contribution >= 4 is 22.7 Å². The number of rotatable bonds is 0. The van der Waals surface area contributed by atoms with Gasteiger partial charge in [-0.15, -0.1) is 0 Å². The lowest BCUT2D eigenvalue weighted by atomic mass is 9.97. The molecule has 1 heterocycles. The molecule has 4 heteroatoms. The lowest BCUT2D eigenvalue weighted by Gasteiger charge is -2.15. The summed E-state index contributed by atoms with van der Waals surface area (Å²) in [6, 6.07) is 8.12. The minimum atomic E-state index is -0.799. The van der Waals surface area contributed by atoms with Crippen LogP contribution in [0.15, 0.2) is 30.3 Å². The standard InChI is InChI=1S/C12H6O4/c13-8-5-4-6-2-1-3-7-9(6)10(8)12(15)16-11(7)14/h1-5,13H. The molecule has 3 rings (SSSR count). The van der Waals surface area contributed by atoms with Gasteiger partial charge in [0, 0.05) is 5.39 Å². The number of ether oxygens (including phenoxy) is 1. The summed E-state index contributed by atoms with van der Waals surface area (Å²) >= 11 is 0. The molecule has 0 aliphatic carbocycles. The normalized spacial score (nSPS) is 14.0. The second-order valence-electron chi connectivity index (χ2n) is 3.54. The van der Waals surface area contributed by atoms with E-state index in [4.69, 9.17) is 0 Å². The SMILES string of the molecule is O=C1OC(=O)c2c(O)ccc3cccc1c23. The number of cyclic esters (lactones) is 2. The van der Waals surface area contributed by atoms with Gasteiger partial charge in [0.05, 0.1) is 5.56 Å². The van der Waals surface area contributed by atoms with Crippen molar-refractivity contribution in [3.63, 3.8) is 0 Å². The molecule has 0 fully saturated rings. The van der Waals surface area contributed by atoms with E-state index in [0.29, 0.717) is 10.9 Å². The molecule has 0 radical (unpaired) electrons. The van der Waals surface area contributed by atoms with Crippen LogP contribution in [0, 0.1) is 0 Å². The molecule has 78 valence electrons. The van der Waals surface area contributed by atoms with Crippen LogP contribution in [0.5, 0.6) is 5.75 Å². The van der Waals surface area contributed by atoms with Crippen molar-refractivity contribution in [2.24, 2.45) is 0 Å². The number of carbonyl (C=O) groups excluding carboxylic acids is 2. The van der Waals surface area contributed by atoms with E-state index in [0.717, 1.165) is 5.39 Å². The molecule has 0 saturated heterocycles. The van der Waals surface area contributed by atoms with E-state index >= 15 is 0 Å². The number of aromatic hydroxyl groups is 1. The van der Waals surface area contributed by atoms with Crippen LogP contribution in [0.2, 0.25) is 0 Å². The molecule has 0 spiro atoms. The molecular formula is C12H6O4. The van der Waals surface area contributed by atoms with Gasteiger partial charge >= 0.3 is 11.9 Å². The second-order valence-corrected chi connectivity index (χ2v) is 3.54. The van der Waals surface area contributed by atoms with Crippen LogP contribution in [-0.2, 0) is 4.74 Å². The monoisotopic (exact) mass is 214 g/mol. The molecule has 1 N–H and O–H groups in total. The smallest absolute Gasteiger partial charge is 0.350 e. The van der Waals surface area contributed by atoms with Crippen LogP contribution in [-0.4, -0.2) is 17.0 Å². The minimum absolute atomic E-state index is 0.0627. The molecule has 4 nitrogen and oxygen atoms in total. The van der Waals surface area contributed by atoms with E-state index in [1.54, 1.807) is 24.3 Å². The van der Waals surface area contributed by atoms with E-state index < -0.39 is 11.9 Å². The maximum absolute atomic E-state index is 11.5. The van der Waals surface area contributed by atoms with E-state index in [1.165, 1.54) is 6.07 Å². The number of phenolic OH excluding ortho intramolecular Hbond substituents is 1. The largest absolute Gasteiger partial charge is 0.507 e. The van der Waals surface area contributed by atoms with E-state index in [9.17, 15) is 14.7 Å². The van der Waals surface area contributed by atoms with Crippen molar-refractivity contribution in [1.29, 1.82) is 0 Å². The van der Waals surface area contributed by atoms with Gasteiger partial charge in [0.1, 0.15) is 11.3 Å². The first-order chi connectivity index (χ1) is 7.68. The molecule has 16 heavy (non-hydrogen) atoms. The van der Waals surface area contributed by atoms with Crippen LogP contribution in [0.3, 0.4) is 0 Å². The highest BCUT2D eigenvalue weighted by Crippen LogP contribution is 2.33. The summed E-state index contributed by atoms with van der Waals surface area (Å²) in [6.07, 6.45) is 0. The van der Waals surface area contributed by atoms with Crippen molar-refractivity contribution in [3.05, 3.63) is 41.5 Å². The van der Waals surface area contributed by atoms with Gasteiger partial charge < -0.3 is 9.84 Å². The fourth-order valence-electron chi connectivity index (χ4n) is 1.94. The van der Waals surface area contributed by atoms with Crippen LogP contribution >= 0.6 is 0 Å². The predicted molar refractivity (Wildman–Crippen MR) is 55.4 cm³/mol. The summed E-state index contributed by atoms with van der Waals surface area (Å²) in [7, 11) is 0. The average molecular weight is 214 g/mol. The number of hydrogen-bond donors (Lipinski definition) is 1. The molecule has 0 bridgehead atoms. The van der Waals surface area contributed by atoms with Gasteiger partial charge in [-0.2, -0.15) is 0 Å². The van der Waals surface area contributed by atoms with Gasteiger partial charge in [-0.05, 0) is 17.5 Å². The first-order valence-corrected chi connectivity index (χ1v) is 4.69. The van der Waals surface area contributed by atoms with Gasteiger partial charge in [-0.3, -0.25) is 0 Å². The van der Waals surface area contributed by atoms with E-state index in [1.807, 2.05) is 0 Å². The van der Waals surface area contributed by atoms with Gasteiger partial charge in [0.15, 0.2) is 0 Å². The predicted octanol–water partition coefficient (Wildman–Crippen LogP) is 1.86. The number of phenols is 1. The Bertz CT molecular complexity index is 643. The van der Waals surface area contributed by atoms with Gasteiger partial charge in [0.25, 0.3) is 0 Å². The summed E-state index contributed by atoms with van der Waals surface area (Å²) in [5, 5.41) is 10.8. The zero-order valence-corrected chi connectivity index (χ0v) is 8.06. The maximum Gasteiger partial charge on any atom is 0.350 e. The molecule has 0 atom stereocenters. The lowest BCUT2D eigenvalue weighted by molar-refractivity contribution is 0.0389. The average Bonchev–Trinajstić information content (AvgIpc) is 2.26. The number of esters is 2. The molecule has 0 aromatic heterocycles. The number of hydrogen-bond acceptors (Lipinski definition) is 4. The Morgan fingerprint density at radius 1 is 1.00 bits per heavy atom. The highest BCUT2D eigenvalue weighted by atomic mass is 16.6. The molecule has 0 amide bonds. The van der Waals surface area contributed by atoms with Gasteiger partial charge in [0.2, 0.25) is 0 Å². The molecule has 0 saturated carbocycles. The fourth-order valence-corrected chi connectivity index (χ4v) is 1.94. The molecule has 2 aromatic carbocycles. The summed E-state index contributed by atoms with van der Waals surface area (Å²) in [4.78, 5) is 23.0. The van der Waals surface area contributed by atoms with Crippen molar-refractivity contribution in [1.82, 2.24) is 0 Å². The Hall–Kier alpha value is -2.36. The first-order valence-electron chi connectivity index (χ1n) is 4.69. The Labute approximate surface area is 90.1 Å². The Balaban J connectivity index is 2.58. The third-order valence-corrected chi connectivity index (χ3v) is 2.63. The molecular weight excluding hydrogens is 208 g/mol. The summed E-state index contributed by atoms with van der Waals surface area (Å²) in [5.41, 5.74) is 0.371. The zero-order chi connectivity index (χ0) is 11.3. The van der Waals surface area contributed by atoms with Crippen LogP contribution < -0.4 is 0 Å². The van der Waals surface area contributed by atoms with E-state index in [2.05, 4.69) is 4.74 Å².